The summed E-state index contributed by atoms with van der Waals surface area (Å²) in [6, 6.07) is 5.74. The van der Waals surface area contributed by atoms with E-state index in [4.69, 9.17) is 5.14 Å². The van der Waals surface area contributed by atoms with E-state index in [2.05, 4.69) is 10.0 Å². The van der Waals surface area contributed by atoms with E-state index in [-0.39, 0.29) is 17.2 Å². The molecule has 0 heterocycles. The molecular weight excluding hydrogens is 278 g/mol. The minimum atomic E-state index is -3.70. The SMILES string of the molecule is CNS(=O)(=O)CCNc1ccc(S(N)(=O)=O)cc1. The molecule has 1 rings (SSSR count). The summed E-state index contributed by atoms with van der Waals surface area (Å²) >= 11 is 0. The minimum Gasteiger partial charge on any atom is -0.384 e. The van der Waals surface area contributed by atoms with Gasteiger partial charge in [-0.15, -0.1) is 0 Å². The molecule has 0 aromatic heterocycles. The number of hydrogen-bond donors (Lipinski definition) is 3. The summed E-state index contributed by atoms with van der Waals surface area (Å²) in [6.45, 7) is 0.220. The fourth-order valence-corrected chi connectivity index (χ4v) is 2.28. The van der Waals surface area contributed by atoms with Gasteiger partial charge in [-0.25, -0.2) is 26.7 Å². The molecule has 102 valence electrons. The second-order valence-corrected chi connectivity index (χ2v) is 7.13. The molecule has 1 aromatic rings. The zero-order valence-corrected chi connectivity index (χ0v) is 11.4. The molecular formula is C9H15N3O4S2. The third kappa shape index (κ3) is 4.61. The third-order valence-corrected chi connectivity index (χ3v) is 4.49. The van der Waals surface area contributed by atoms with Crippen LogP contribution in [-0.4, -0.2) is 36.2 Å². The summed E-state index contributed by atoms with van der Waals surface area (Å²) in [5, 5.41) is 7.81. The van der Waals surface area contributed by atoms with Crippen molar-refractivity contribution in [2.45, 2.75) is 4.90 Å². The molecule has 4 N–H and O–H groups in total. The van der Waals surface area contributed by atoms with Gasteiger partial charge in [0.05, 0.1) is 10.6 Å². The molecule has 0 saturated heterocycles. The van der Waals surface area contributed by atoms with Crippen LogP contribution in [0.15, 0.2) is 29.2 Å². The molecule has 0 fully saturated rings. The van der Waals surface area contributed by atoms with Gasteiger partial charge < -0.3 is 5.32 Å². The number of nitrogens with two attached hydrogens (primary N) is 1. The second kappa shape index (κ2) is 5.65. The molecule has 0 aliphatic carbocycles. The molecule has 0 amide bonds. The van der Waals surface area contributed by atoms with Crippen molar-refractivity contribution in [3.8, 4) is 0 Å². The van der Waals surface area contributed by atoms with Gasteiger partial charge in [0.15, 0.2) is 0 Å². The molecule has 0 aliphatic heterocycles. The van der Waals surface area contributed by atoms with Crippen molar-refractivity contribution >= 4 is 25.7 Å². The van der Waals surface area contributed by atoms with Crippen LogP contribution in [0.5, 0.6) is 0 Å². The summed E-state index contributed by atoms with van der Waals surface area (Å²) in [5.74, 6) is -0.0690. The number of sulfonamides is 2. The lowest BCUT2D eigenvalue weighted by atomic mass is 10.3. The van der Waals surface area contributed by atoms with Crippen LogP contribution in [0.2, 0.25) is 0 Å². The van der Waals surface area contributed by atoms with Crippen LogP contribution in [0.25, 0.3) is 0 Å². The van der Waals surface area contributed by atoms with Crippen molar-refractivity contribution in [2.75, 3.05) is 24.7 Å². The van der Waals surface area contributed by atoms with Crippen molar-refractivity contribution in [1.82, 2.24) is 4.72 Å². The predicted molar refractivity (Wildman–Crippen MR) is 69.2 cm³/mol. The third-order valence-electron chi connectivity index (χ3n) is 2.19. The van der Waals surface area contributed by atoms with Crippen molar-refractivity contribution < 1.29 is 16.8 Å². The van der Waals surface area contributed by atoms with E-state index in [1.165, 1.54) is 31.3 Å². The lowest BCUT2D eigenvalue weighted by Crippen LogP contribution is -2.26. The Morgan fingerprint density at radius 1 is 1.11 bits per heavy atom. The maximum absolute atomic E-state index is 11.1. The Kier molecular flexibility index (Phi) is 4.68. The van der Waals surface area contributed by atoms with E-state index in [0.717, 1.165) is 0 Å². The van der Waals surface area contributed by atoms with E-state index in [1.807, 2.05) is 0 Å². The molecule has 7 nitrogen and oxygen atoms in total. The summed E-state index contributed by atoms with van der Waals surface area (Å²) in [5.41, 5.74) is 0.619. The summed E-state index contributed by atoms with van der Waals surface area (Å²) in [4.78, 5) is 0.0101. The van der Waals surface area contributed by atoms with Crippen LogP contribution in [0.3, 0.4) is 0 Å². The highest BCUT2D eigenvalue weighted by Crippen LogP contribution is 2.12. The molecule has 0 atom stereocenters. The molecule has 18 heavy (non-hydrogen) atoms. The van der Waals surface area contributed by atoms with Gasteiger partial charge in [-0.05, 0) is 31.3 Å². The van der Waals surface area contributed by atoms with Gasteiger partial charge in [-0.3, -0.25) is 0 Å². The van der Waals surface area contributed by atoms with E-state index in [9.17, 15) is 16.8 Å². The standard InChI is InChI=1S/C9H15N3O4S2/c1-11-17(13,14)7-6-12-8-2-4-9(5-3-8)18(10,15)16/h2-5,11-12H,6-7H2,1H3,(H2,10,15,16). The van der Waals surface area contributed by atoms with Crippen LogP contribution in [-0.2, 0) is 20.0 Å². The number of rotatable bonds is 6. The van der Waals surface area contributed by atoms with E-state index in [0.29, 0.717) is 5.69 Å². The van der Waals surface area contributed by atoms with E-state index >= 15 is 0 Å². The van der Waals surface area contributed by atoms with Crippen LogP contribution in [0.1, 0.15) is 0 Å². The van der Waals surface area contributed by atoms with Crippen molar-refractivity contribution in [3.05, 3.63) is 24.3 Å². The Morgan fingerprint density at radius 3 is 2.11 bits per heavy atom. The summed E-state index contributed by atoms with van der Waals surface area (Å²) < 4.78 is 46.4. The predicted octanol–water partition coefficient (Wildman–Crippen LogP) is -0.705. The molecule has 0 saturated carbocycles. The van der Waals surface area contributed by atoms with Gasteiger partial charge in [0.1, 0.15) is 0 Å². The first-order valence-electron chi connectivity index (χ1n) is 5.02. The highest BCUT2D eigenvalue weighted by atomic mass is 32.2. The maximum atomic E-state index is 11.1. The molecule has 0 unspecified atom stereocenters. The second-order valence-electron chi connectivity index (χ2n) is 3.52. The van der Waals surface area contributed by atoms with Crippen LogP contribution < -0.4 is 15.2 Å². The number of hydrogen-bond acceptors (Lipinski definition) is 5. The Hall–Kier alpha value is -1.16. The zero-order chi connectivity index (χ0) is 13.8. The van der Waals surface area contributed by atoms with Crippen molar-refractivity contribution in [3.63, 3.8) is 0 Å². The van der Waals surface area contributed by atoms with Crippen LogP contribution in [0.4, 0.5) is 5.69 Å². The number of benzene rings is 1. The van der Waals surface area contributed by atoms with Crippen LogP contribution >= 0.6 is 0 Å². The zero-order valence-electron chi connectivity index (χ0n) is 9.75. The Balaban J connectivity index is 2.61. The van der Waals surface area contributed by atoms with Gasteiger partial charge in [0.25, 0.3) is 0 Å². The van der Waals surface area contributed by atoms with Gasteiger partial charge >= 0.3 is 0 Å². The highest BCUT2D eigenvalue weighted by Gasteiger charge is 2.08. The Morgan fingerprint density at radius 2 is 1.67 bits per heavy atom. The maximum Gasteiger partial charge on any atom is 0.238 e. The normalized spacial score (nSPS) is 12.3. The molecule has 9 heteroatoms. The minimum absolute atomic E-state index is 0.0101. The average Bonchev–Trinajstić information content (AvgIpc) is 2.28. The van der Waals surface area contributed by atoms with Gasteiger partial charge in [0, 0.05) is 12.2 Å². The fourth-order valence-electron chi connectivity index (χ4n) is 1.19. The number of primary sulfonamides is 1. The largest absolute Gasteiger partial charge is 0.384 e. The smallest absolute Gasteiger partial charge is 0.238 e. The van der Waals surface area contributed by atoms with E-state index in [1.54, 1.807) is 0 Å². The number of nitrogens with one attached hydrogen (secondary N) is 2. The number of anilines is 1. The quantitative estimate of drug-likeness (QED) is 0.640. The topological polar surface area (TPSA) is 118 Å². The van der Waals surface area contributed by atoms with Gasteiger partial charge in [-0.2, -0.15) is 0 Å². The molecule has 0 aliphatic rings. The van der Waals surface area contributed by atoms with Crippen molar-refractivity contribution in [2.24, 2.45) is 5.14 Å². The Labute approximate surface area is 106 Å². The van der Waals surface area contributed by atoms with Crippen LogP contribution in [0, 0.1) is 0 Å². The fraction of sp³-hybridized carbons (Fsp3) is 0.333. The molecule has 0 spiro atoms. The first-order valence-corrected chi connectivity index (χ1v) is 8.22. The molecule has 0 radical (unpaired) electrons. The van der Waals surface area contributed by atoms with E-state index < -0.39 is 20.0 Å². The molecule has 0 bridgehead atoms. The Bertz CT molecular complexity index is 593. The summed E-state index contributed by atoms with van der Waals surface area (Å²) in [7, 11) is -5.61. The average molecular weight is 293 g/mol. The first-order chi connectivity index (χ1) is 8.24. The molecule has 1 aromatic carbocycles. The van der Waals surface area contributed by atoms with Crippen molar-refractivity contribution in [1.29, 1.82) is 0 Å². The van der Waals surface area contributed by atoms with Gasteiger partial charge in [0.2, 0.25) is 20.0 Å². The first kappa shape index (κ1) is 14.9. The summed E-state index contributed by atoms with van der Waals surface area (Å²) in [6.07, 6.45) is 0. The monoisotopic (exact) mass is 293 g/mol. The lowest BCUT2D eigenvalue weighted by Gasteiger charge is -2.07. The highest BCUT2D eigenvalue weighted by molar-refractivity contribution is 7.89. The lowest BCUT2D eigenvalue weighted by molar-refractivity contribution is 0.588. The van der Waals surface area contributed by atoms with Gasteiger partial charge in [-0.1, -0.05) is 0 Å².